The summed E-state index contributed by atoms with van der Waals surface area (Å²) >= 11 is 0. The number of tetrazole rings is 1. The average molecular weight is 460 g/mol. The van der Waals surface area contributed by atoms with Crippen LogP contribution in [0.5, 0.6) is 0 Å². The summed E-state index contributed by atoms with van der Waals surface area (Å²) in [6.07, 6.45) is 0.516. The number of imidazole rings is 1. The van der Waals surface area contributed by atoms with E-state index in [1.54, 1.807) is 4.57 Å². The Bertz CT molecular complexity index is 1470. The van der Waals surface area contributed by atoms with E-state index in [4.69, 9.17) is 0 Å². The maximum atomic E-state index is 14.8. The SMILES string of the molecule is CC(C)(C)Cc1nc2c(F)nnc(F)c2n1Cc1ccccc1-c1ccccc1-c1nn[nH]n1. The number of fused-ring (bicyclic) bond motifs is 1. The molecule has 3 heterocycles. The molecule has 3 aromatic heterocycles. The van der Waals surface area contributed by atoms with Gasteiger partial charge in [-0.2, -0.15) is 14.0 Å². The van der Waals surface area contributed by atoms with Gasteiger partial charge in [0.05, 0.1) is 6.54 Å². The fourth-order valence-corrected chi connectivity index (χ4v) is 4.09. The summed E-state index contributed by atoms with van der Waals surface area (Å²) in [5.41, 5.74) is 3.24. The lowest BCUT2D eigenvalue weighted by Crippen LogP contribution is -2.15. The highest BCUT2D eigenvalue weighted by atomic mass is 19.1. The molecule has 0 aliphatic carbocycles. The first-order valence-electron chi connectivity index (χ1n) is 10.8. The average Bonchev–Trinajstić information content (AvgIpc) is 3.45. The van der Waals surface area contributed by atoms with Gasteiger partial charge in [0.25, 0.3) is 11.9 Å². The van der Waals surface area contributed by atoms with Crippen LogP contribution in [0.25, 0.3) is 33.5 Å². The molecule has 10 heteroatoms. The lowest BCUT2D eigenvalue weighted by Gasteiger charge is -2.20. The van der Waals surface area contributed by atoms with Gasteiger partial charge in [0.15, 0.2) is 5.52 Å². The number of aromatic nitrogens is 8. The first kappa shape index (κ1) is 21.7. The van der Waals surface area contributed by atoms with Gasteiger partial charge in [-0.05, 0) is 27.3 Å². The number of benzene rings is 2. The van der Waals surface area contributed by atoms with Gasteiger partial charge in [0, 0.05) is 12.0 Å². The van der Waals surface area contributed by atoms with E-state index >= 15 is 0 Å². The van der Waals surface area contributed by atoms with Crippen molar-refractivity contribution in [1.29, 1.82) is 0 Å². The van der Waals surface area contributed by atoms with Crippen molar-refractivity contribution in [3.8, 4) is 22.5 Å². The molecular weight excluding hydrogens is 438 g/mol. The van der Waals surface area contributed by atoms with Crippen molar-refractivity contribution in [2.24, 2.45) is 5.41 Å². The van der Waals surface area contributed by atoms with Gasteiger partial charge in [-0.1, -0.05) is 69.3 Å². The van der Waals surface area contributed by atoms with Gasteiger partial charge in [-0.15, -0.1) is 20.4 Å². The Labute approximate surface area is 194 Å². The molecule has 0 atom stereocenters. The van der Waals surface area contributed by atoms with E-state index in [2.05, 4.69) is 56.6 Å². The van der Waals surface area contributed by atoms with E-state index in [-0.39, 0.29) is 23.0 Å². The van der Waals surface area contributed by atoms with Crippen LogP contribution in [0.1, 0.15) is 32.2 Å². The zero-order valence-electron chi connectivity index (χ0n) is 18.9. The summed E-state index contributed by atoms with van der Waals surface area (Å²) in [7, 11) is 0. The van der Waals surface area contributed by atoms with Crippen LogP contribution in [0.2, 0.25) is 0 Å². The van der Waals surface area contributed by atoms with E-state index in [1.165, 1.54) is 0 Å². The number of hydrogen-bond acceptors (Lipinski definition) is 6. The molecule has 0 unspecified atom stereocenters. The Balaban J connectivity index is 1.68. The summed E-state index contributed by atoms with van der Waals surface area (Å²) in [6, 6.07) is 15.5. The third kappa shape index (κ3) is 4.02. The lowest BCUT2D eigenvalue weighted by molar-refractivity contribution is 0.394. The van der Waals surface area contributed by atoms with Crippen molar-refractivity contribution < 1.29 is 8.78 Å². The topological polar surface area (TPSA) is 98.1 Å². The fourth-order valence-electron chi connectivity index (χ4n) is 4.09. The highest BCUT2D eigenvalue weighted by Crippen LogP contribution is 2.34. The minimum atomic E-state index is -0.888. The largest absolute Gasteiger partial charge is 0.319 e. The van der Waals surface area contributed by atoms with Crippen molar-refractivity contribution in [3.05, 3.63) is 71.8 Å². The van der Waals surface area contributed by atoms with Crippen LogP contribution in [-0.2, 0) is 13.0 Å². The second kappa shape index (κ2) is 8.36. The number of aromatic amines is 1. The van der Waals surface area contributed by atoms with Gasteiger partial charge in [-0.25, -0.2) is 4.98 Å². The van der Waals surface area contributed by atoms with Crippen LogP contribution in [0.4, 0.5) is 8.78 Å². The molecule has 5 aromatic rings. The molecule has 0 fully saturated rings. The maximum Gasteiger partial charge on any atom is 0.261 e. The predicted octanol–water partition coefficient (Wildman–Crippen LogP) is 4.59. The van der Waals surface area contributed by atoms with Gasteiger partial charge in [0.1, 0.15) is 11.3 Å². The molecule has 1 N–H and O–H groups in total. The Hall–Kier alpha value is -4.08. The number of hydrogen-bond donors (Lipinski definition) is 1. The van der Waals surface area contributed by atoms with Gasteiger partial charge in [-0.3, -0.25) is 0 Å². The highest BCUT2D eigenvalue weighted by Gasteiger charge is 2.24. The molecule has 0 bridgehead atoms. The van der Waals surface area contributed by atoms with Crippen molar-refractivity contribution in [1.82, 2.24) is 40.4 Å². The van der Waals surface area contributed by atoms with Crippen LogP contribution in [0.3, 0.4) is 0 Å². The molecular formula is C24H22F2N8. The normalized spacial score (nSPS) is 11.9. The molecule has 34 heavy (non-hydrogen) atoms. The molecule has 8 nitrogen and oxygen atoms in total. The molecule has 0 amide bonds. The van der Waals surface area contributed by atoms with Crippen molar-refractivity contribution >= 4 is 11.0 Å². The third-order valence-corrected chi connectivity index (χ3v) is 5.50. The molecule has 2 aromatic carbocycles. The van der Waals surface area contributed by atoms with Gasteiger partial charge >= 0.3 is 0 Å². The molecule has 5 rings (SSSR count). The number of nitrogens with one attached hydrogen (secondary N) is 1. The molecule has 0 aliphatic heterocycles. The second-order valence-corrected chi connectivity index (χ2v) is 9.27. The monoisotopic (exact) mass is 460 g/mol. The van der Waals surface area contributed by atoms with Crippen LogP contribution in [-0.4, -0.2) is 40.4 Å². The third-order valence-electron chi connectivity index (χ3n) is 5.50. The molecule has 0 radical (unpaired) electrons. The van der Waals surface area contributed by atoms with E-state index in [1.807, 2.05) is 48.5 Å². The smallest absolute Gasteiger partial charge is 0.261 e. The van der Waals surface area contributed by atoms with Crippen molar-refractivity contribution in [2.75, 3.05) is 0 Å². The zero-order chi connectivity index (χ0) is 23.9. The number of halogens is 2. The second-order valence-electron chi connectivity index (χ2n) is 9.27. The minimum Gasteiger partial charge on any atom is -0.319 e. The number of H-pyrrole nitrogens is 1. The van der Waals surface area contributed by atoms with E-state index in [9.17, 15) is 8.78 Å². The Kier molecular flexibility index (Phi) is 5.35. The first-order valence-corrected chi connectivity index (χ1v) is 10.8. The van der Waals surface area contributed by atoms with Gasteiger partial charge in [0.2, 0.25) is 5.82 Å². The van der Waals surface area contributed by atoms with Crippen LogP contribution in [0.15, 0.2) is 48.5 Å². The van der Waals surface area contributed by atoms with Gasteiger partial charge < -0.3 is 4.57 Å². The first-order chi connectivity index (χ1) is 16.3. The van der Waals surface area contributed by atoms with E-state index in [0.29, 0.717) is 18.1 Å². The Morgan fingerprint density at radius 3 is 2.24 bits per heavy atom. The van der Waals surface area contributed by atoms with Crippen molar-refractivity contribution in [3.63, 3.8) is 0 Å². The van der Waals surface area contributed by atoms with Crippen LogP contribution in [0, 0.1) is 17.3 Å². The van der Waals surface area contributed by atoms with Crippen molar-refractivity contribution in [2.45, 2.75) is 33.7 Å². The number of nitrogens with zero attached hydrogens (tertiary/aromatic N) is 7. The summed E-state index contributed by atoms with van der Waals surface area (Å²) < 4.78 is 31.0. The van der Waals surface area contributed by atoms with E-state index in [0.717, 1.165) is 22.3 Å². The fraction of sp³-hybridized carbons (Fsp3) is 0.250. The summed E-state index contributed by atoms with van der Waals surface area (Å²) in [4.78, 5) is 4.43. The minimum absolute atomic E-state index is 0.00741. The molecule has 172 valence electrons. The summed E-state index contributed by atoms with van der Waals surface area (Å²) in [5, 5.41) is 21.1. The molecule has 0 spiro atoms. The molecule has 0 saturated heterocycles. The Morgan fingerprint density at radius 1 is 0.853 bits per heavy atom. The van der Waals surface area contributed by atoms with Crippen LogP contribution >= 0.6 is 0 Å². The predicted molar refractivity (Wildman–Crippen MR) is 123 cm³/mol. The number of rotatable bonds is 5. The summed E-state index contributed by atoms with van der Waals surface area (Å²) in [6.45, 7) is 6.42. The lowest BCUT2D eigenvalue weighted by atomic mass is 9.91. The standard InChI is InChI=1S/C24H22F2N8/c1-24(2,3)12-18-27-19-20(22(26)29-28-21(19)25)34(18)13-14-8-4-5-9-15(14)16-10-6-7-11-17(16)23-30-32-33-31-23/h4-11H,12-13H2,1-3H3,(H,30,31,32,33). The quantitative estimate of drug-likeness (QED) is 0.412. The highest BCUT2D eigenvalue weighted by molar-refractivity contribution is 5.82. The Morgan fingerprint density at radius 2 is 1.53 bits per heavy atom. The maximum absolute atomic E-state index is 14.8. The van der Waals surface area contributed by atoms with Crippen LogP contribution < -0.4 is 0 Å². The summed E-state index contributed by atoms with van der Waals surface area (Å²) in [5.74, 6) is -0.707. The van der Waals surface area contributed by atoms with E-state index < -0.39 is 11.9 Å². The molecule has 0 aliphatic rings. The molecule has 0 saturated carbocycles. The zero-order valence-corrected chi connectivity index (χ0v) is 18.9.